The molecule has 6 heteroatoms. The fraction of sp³-hybridized carbons (Fsp3) is 0.500. The van der Waals surface area contributed by atoms with E-state index in [-0.39, 0.29) is 17.5 Å². The molecule has 0 atom stereocenters. The molecule has 0 unspecified atom stereocenters. The number of hydrogen-bond acceptors (Lipinski definition) is 4. The summed E-state index contributed by atoms with van der Waals surface area (Å²) in [5.41, 5.74) is 1.10. The maximum atomic E-state index is 12.3. The fourth-order valence-corrected chi connectivity index (χ4v) is 2.79. The average Bonchev–Trinajstić information content (AvgIpc) is 2.48. The van der Waals surface area contributed by atoms with Crippen molar-refractivity contribution in [2.75, 3.05) is 23.7 Å². The van der Waals surface area contributed by atoms with E-state index in [0.29, 0.717) is 24.5 Å². The second-order valence-corrected chi connectivity index (χ2v) is 6.84. The summed E-state index contributed by atoms with van der Waals surface area (Å²) in [4.78, 5) is 12.3. The van der Waals surface area contributed by atoms with Crippen LogP contribution in [-0.4, -0.2) is 33.2 Å². The van der Waals surface area contributed by atoms with E-state index in [1.807, 2.05) is 0 Å². The lowest BCUT2D eigenvalue weighted by molar-refractivity contribution is 0.0545. The molecule has 1 aliphatic rings. The summed E-state index contributed by atoms with van der Waals surface area (Å²) in [6.45, 7) is 2.83. The van der Waals surface area contributed by atoms with E-state index in [4.69, 9.17) is 4.74 Å². The van der Waals surface area contributed by atoms with Gasteiger partial charge in [-0.1, -0.05) is 0 Å². The highest BCUT2D eigenvalue weighted by Crippen LogP contribution is 2.21. The zero-order valence-electron chi connectivity index (χ0n) is 11.5. The van der Waals surface area contributed by atoms with Gasteiger partial charge in [0, 0.05) is 30.4 Å². The molecule has 0 amide bonds. The number of benzene rings is 1. The summed E-state index contributed by atoms with van der Waals surface area (Å²) in [7, 11) is -3.28. The van der Waals surface area contributed by atoms with Crippen LogP contribution in [0.2, 0.25) is 0 Å². The van der Waals surface area contributed by atoms with Crippen molar-refractivity contribution >= 4 is 21.5 Å². The summed E-state index contributed by atoms with van der Waals surface area (Å²) in [5.74, 6) is 0.149. The first-order chi connectivity index (χ1) is 9.52. The van der Waals surface area contributed by atoms with E-state index < -0.39 is 10.0 Å². The Balaban J connectivity index is 2.06. The van der Waals surface area contributed by atoms with E-state index in [2.05, 4.69) is 4.72 Å². The molecule has 1 aliphatic heterocycles. The predicted molar refractivity (Wildman–Crippen MR) is 77.4 cm³/mol. The monoisotopic (exact) mass is 297 g/mol. The van der Waals surface area contributed by atoms with Gasteiger partial charge in [0.25, 0.3) is 0 Å². The molecule has 0 bridgehead atoms. The number of ether oxygens (including phenoxy) is 1. The topological polar surface area (TPSA) is 72.5 Å². The Morgan fingerprint density at radius 2 is 1.85 bits per heavy atom. The highest BCUT2D eigenvalue weighted by molar-refractivity contribution is 7.92. The van der Waals surface area contributed by atoms with Gasteiger partial charge in [-0.3, -0.25) is 9.52 Å². The average molecular weight is 297 g/mol. The van der Waals surface area contributed by atoms with Crippen LogP contribution in [0.5, 0.6) is 0 Å². The highest BCUT2D eigenvalue weighted by Gasteiger charge is 2.22. The van der Waals surface area contributed by atoms with E-state index in [1.165, 1.54) is 0 Å². The normalized spacial score (nSPS) is 16.9. The van der Waals surface area contributed by atoms with Gasteiger partial charge in [-0.05, 0) is 44.0 Å². The number of carbonyl (C=O) groups excluding carboxylic acids is 1. The third kappa shape index (κ3) is 3.80. The van der Waals surface area contributed by atoms with Crippen LogP contribution in [0.25, 0.3) is 0 Å². The molecule has 1 saturated heterocycles. The Morgan fingerprint density at radius 1 is 1.25 bits per heavy atom. The Labute approximate surface area is 119 Å². The smallest absolute Gasteiger partial charge is 0.232 e. The zero-order chi connectivity index (χ0) is 14.6. The second-order valence-electron chi connectivity index (χ2n) is 4.83. The fourth-order valence-electron chi connectivity index (χ4n) is 2.15. The number of Topliss-reactive ketones (excluding diaryl/α,β-unsaturated/α-hetero) is 1. The molecule has 0 aliphatic carbocycles. The Hall–Kier alpha value is -1.40. The Bertz CT molecular complexity index is 559. The molecular weight excluding hydrogens is 278 g/mol. The van der Waals surface area contributed by atoms with Gasteiger partial charge in [0.2, 0.25) is 10.0 Å². The lowest BCUT2D eigenvalue weighted by Crippen LogP contribution is -2.23. The first-order valence-corrected chi connectivity index (χ1v) is 8.39. The second kappa shape index (κ2) is 6.37. The van der Waals surface area contributed by atoms with Crippen LogP contribution in [0, 0.1) is 5.92 Å². The van der Waals surface area contributed by atoms with Crippen molar-refractivity contribution in [1.82, 2.24) is 0 Å². The number of anilines is 1. The Kier molecular flexibility index (Phi) is 4.77. The van der Waals surface area contributed by atoms with Gasteiger partial charge in [-0.15, -0.1) is 0 Å². The van der Waals surface area contributed by atoms with Gasteiger partial charge in [0.1, 0.15) is 0 Å². The maximum Gasteiger partial charge on any atom is 0.232 e. The minimum absolute atomic E-state index is 0.0157. The molecule has 0 radical (unpaired) electrons. The molecule has 0 saturated carbocycles. The van der Waals surface area contributed by atoms with Gasteiger partial charge in [0.15, 0.2) is 5.78 Å². The predicted octanol–water partition coefficient (Wildman–Crippen LogP) is 2.06. The summed E-state index contributed by atoms with van der Waals surface area (Å²) in [6, 6.07) is 6.59. The van der Waals surface area contributed by atoms with Crippen LogP contribution in [0.15, 0.2) is 24.3 Å². The van der Waals surface area contributed by atoms with Crippen molar-refractivity contribution in [3.63, 3.8) is 0 Å². The van der Waals surface area contributed by atoms with Gasteiger partial charge < -0.3 is 4.74 Å². The van der Waals surface area contributed by atoms with Crippen molar-refractivity contribution < 1.29 is 17.9 Å². The number of hydrogen-bond donors (Lipinski definition) is 1. The van der Waals surface area contributed by atoms with Crippen molar-refractivity contribution in [2.24, 2.45) is 5.92 Å². The van der Waals surface area contributed by atoms with Crippen molar-refractivity contribution in [3.05, 3.63) is 29.8 Å². The number of rotatable bonds is 5. The van der Waals surface area contributed by atoms with Gasteiger partial charge in [-0.25, -0.2) is 8.42 Å². The van der Waals surface area contributed by atoms with Crippen LogP contribution < -0.4 is 4.72 Å². The van der Waals surface area contributed by atoms with Gasteiger partial charge in [0.05, 0.1) is 5.75 Å². The molecule has 1 aromatic carbocycles. The standard InChI is InChI=1S/C14H19NO4S/c1-2-20(17,18)15-13-5-3-11(4-6-13)14(16)12-7-9-19-10-8-12/h3-6,12,15H,2,7-10H2,1H3. The molecule has 5 nitrogen and oxygen atoms in total. The third-order valence-electron chi connectivity index (χ3n) is 3.41. The number of sulfonamides is 1. The van der Waals surface area contributed by atoms with Crippen molar-refractivity contribution in [1.29, 1.82) is 0 Å². The van der Waals surface area contributed by atoms with Crippen LogP contribution in [0.1, 0.15) is 30.1 Å². The minimum Gasteiger partial charge on any atom is -0.381 e. The van der Waals surface area contributed by atoms with E-state index in [0.717, 1.165) is 12.8 Å². The zero-order valence-corrected chi connectivity index (χ0v) is 12.3. The van der Waals surface area contributed by atoms with Crippen LogP contribution >= 0.6 is 0 Å². The number of ketones is 1. The molecule has 0 spiro atoms. The van der Waals surface area contributed by atoms with Crippen molar-refractivity contribution in [2.45, 2.75) is 19.8 Å². The lowest BCUT2D eigenvalue weighted by Gasteiger charge is -2.20. The van der Waals surface area contributed by atoms with Crippen LogP contribution in [-0.2, 0) is 14.8 Å². The molecule has 1 heterocycles. The number of carbonyl (C=O) groups is 1. The molecular formula is C14H19NO4S. The Morgan fingerprint density at radius 3 is 2.40 bits per heavy atom. The summed E-state index contributed by atoms with van der Waals surface area (Å²) in [5, 5.41) is 0. The van der Waals surface area contributed by atoms with Gasteiger partial charge >= 0.3 is 0 Å². The SMILES string of the molecule is CCS(=O)(=O)Nc1ccc(C(=O)C2CCOCC2)cc1. The maximum absolute atomic E-state index is 12.3. The van der Waals surface area contributed by atoms with E-state index in [1.54, 1.807) is 31.2 Å². The largest absolute Gasteiger partial charge is 0.381 e. The molecule has 2 rings (SSSR count). The summed E-state index contributed by atoms with van der Waals surface area (Å²) >= 11 is 0. The first-order valence-electron chi connectivity index (χ1n) is 6.74. The highest BCUT2D eigenvalue weighted by atomic mass is 32.2. The summed E-state index contributed by atoms with van der Waals surface area (Å²) < 4.78 is 30.6. The third-order valence-corrected chi connectivity index (χ3v) is 4.72. The lowest BCUT2D eigenvalue weighted by atomic mass is 9.91. The van der Waals surface area contributed by atoms with E-state index >= 15 is 0 Å². The molecule has 1 aromatic rings. The molecule has 1 N–H and O–H groups in total. The van der Waals surface area contributed by atoms with Crippen LogP contribution in [0.4, 0.5) is 5.69 Å². The minimum atomic E-state index is -3.28. The quantitative estimate of drug-likeness (QED) is 0.844. The molecule has 110 valence electrons. The summed E-state index contributed by atoms with van der Waals surface area (Å²) in [6.07, 6.45) is 1.51. The molecule has 0 aromatic heterocycles. The van der Waals surface area contributed by atoms with Crippen molar-refractivity contribution in [3.8, 4) is 0 Å². The molecule has 1 fully saturated rings. The molecule has 20 heavy (non-hydrogen) atoms. The van der Waals surface area contributed by atoms with Crippen LogP contribution in [0.3, 0.4) is 0 Å². The first kappa shape index (κ1) is 15.0. The number of nitrogens with one attached hydrogen (secondary N) is 1. The van der Waals surface area contributed by atoms with E-state index in [9.17, 15) is 13.2 Å². The van der Waals surface area contributed by atoms with Gasteiger partial charge in [-0.2, -0.15) is 0 Å².